The molecule has 0 saturated heterocycles. The molecule has 0 aliphatic heterocycles. The maximum absolute atomic E-state index is 12.7. The van der Waals surface area contributed by atoms with Crippen molar-refractivity contribution in [3.63, 3.8) is 0 Å². The summed E-state index contributed by atoms with van der Waals surface area (Å²) in [7, 11) is 0. The zero-order valence-corrected chi connectivity index (χ0v) is 17.4. The number of ether oxygens (including phenoxy) is 1. The molecule has 3 saturated carbocycles. The highest BCUT2D eigenvalue weighted by atomic mass is 16.5. The molecule has 0 N–H and O–H groups in total. The number of hydrogen-bond donors (Lipinski definition) is 0. The summed E-state index contributed by atoms with van der Waals surface area (Å²) in [5.74, 6) is 1.79. The highest BCUT2D eigenvalue weighted by molar-refractivity contribution is 6.01. The normalized spacial score (nSPS) is 40.5. The van der Waals surface area contributed by atoms with Crippen molar-refractivity contribution in [2.24, 2.45) is 28.6 Å². The fourth-order valence-corrected chi connectivity index (χ4v) is 7.11. The van der Waals surface area contributed by atoms with E-state index in [1.807, 2.05) is 36.4 Å². The van der Waals surface area contributed by atoms with Crippen LogP contribution < -0.4 is 0 Å². The Kier molecular flexibility index (Phi) is 4.34. The molecular formula is C26H30O3. The van der Waals surface area contributed by atoms with Crippen molar-refractivity contribution >= 4 is 11.8 Å². The Bertz CT molecular complexity index is 898. The van der Waals surface area contributed by atoms with Gasteiger partial charge in [-0.1, -0.05) is 43.7 Å². The second kappa shape index (κ2) is 6.68. The van der Waals surface area contributed by atoms with Gasteiger partial charge in [-0.25, -0.2) is 4.79 Å². The first kappa shape index (κ1) is 18.8. The maximum Gasteiger partial charge on any atom is 0.338 e. The van der Waals surface area contributed by atoms with Gasteiger partial charge in [-0.15, -0.1) is 0 Å². The van der Waals surface area contributed by atoms with Crippen molar-refractivity contribution in [3.05, 3.63) is 59.7 Å². The summed E-state index contributed by atoms with van der Waals surface area (Å²) < 4.78 is 6.09. The number of fused-ring (bicyclic) bond motifs is 5. The molecule has 3 nitrogen and oxygen atoms in total. The minimum Gasteiger partial charge on any atom is -0.458 e. The number of allylic oxidation sites excluding steroid dienone is 4. The van der Waals surface area contributed by atoms with E-state index in [1.54, 1.807) is 6.08 Å². The standard InChI is InChI=1S/C26H30O3/c1-25-14-12-19(27)16-18(25)8-9-20-21-10-11-23(26(21,2)15-13-22(20)25)29-24(28)17-6-4-3-5-7-17/h3-7,12,14,16,20-23H,8-11,13,15H2,1-2H3/t20-,21-,22-,23+,25+,26+/m1/s1. The topological polar surface area (TPSA) is 43.4 Å². The number of carbonyl (C=O) groups is 2. The highest BCUT2D eigenvalue weighted by Crippen LogP contribution is 2.64. The summed E-state index contributed by atoms with van der Waals surface area (Å²) in [5.41, 5.74) is 2.07. The molecule has 4 aliphatic carbocycles. The third kappa shape index (κ3) is 2.85. The lowest BCUT2D eigenvalue weighted by molar-refractivity contribution is -0.111. The fourth-order valence-electron chi connectivity index (χ4n) is 7.11. The van der Waals surface area contributed by atoms with E-state index in [0.29, 0.717) is 23.3 Å². The SMILES string of the molecule is C[C@]12CC[C@@H]3[C@H](CCC4=CC(=O)C=C[C@@]43C)[C@H]1CC[C@@H]2OC(=O)c1ccccc1. The molecule has 0 amide bonds. The Balaban J connectivity index is 1.37. The molecule has 0 bridgehead atoms. The van der Waals surface area contributed by atoms with Crippen LogP contribution in [0.1, 0.15) is 62.7 Å². The predicted molar refractivity (Wildman–Crippen MR) is 112 cm³/mol. The second-order valence-corrected chi connectivity index (χ2v) is 9.99. The van der Waals surface area contributed by atoms with Crippen LogP contribution in [0.4, 0.5) is 0 Å². The quantitative estimate of drug-likeness (QED) is 0.625. The molecule has 152 valence electrons. The van der Waals surface area contributed by atoms with Crippen molar-refractivity contribution in [2.45, 2.75) is 58.5 Å². The van der Waals surface area contributed by atoms with Crippen LogP contribution in [0.2, 0.25) is 0 Å². The Labute approximate surface area is 173 Å². The first-order chi connectivity index (χ1) is 13.9. The van der Waals surface area contributed by atoms with Gasteiger partial charge in [-0.05, 0) is 80.6 Å². The Hall–Kier alpha value is -2.16. The summed E-state index contributed by atoms with van der Waals surface area (Å²) in [5, 5.41) is 0. The average Bonchev–Trinajstić information content (AvgIpc) is 3.05. The molecule has 4 aliphatic rings. The first-order valence-corrected chi connectivity index (χ1v) is 11.1. The number of benzene rings is 1. The summed E-state index contributed by atoms with van der Waals surface area (Å²) in [6.45, 7) is 4.70. The van der Waals surface area contributed by atoms with E-state index in [2.05, 4.69) is 19.9 Å². The van der Waals surface area contributed by atoms with Crippen molar-refractivity contribution in [1.29, 1.82) is 0 Å². The molecule has 6 atom stereocenters. The van der Waals surface area contributed by atoms with Crippen molar-refractivity contribution in [3.8, 4) is 0 Å². The molecule has 3 heteroatoms. The van der Waals surface area contributed by atoms with Crippen LogP contribution in [-0.2, 0) is 9.53 Å². The monoisotopic (exact) mass is 390 g/mol. The predicted octanol–water partition coefficient (Wildman–Crippen LogP) is 5.52. The van der Waals surface area contributed by atoms with E-state index < -0.39 is 0 Å². The molecule has 5 rings (SSSR count). The molecule has 0 unspecified atom stereocenters. The van der Waals surface area contributed by atoms with Gasteiger partial charge in [0.2, 0.25) is 0 Å². The van der Waals surface area contributed by atoms with Gasteiger partial charge in [0.15, 0.2) is 5.78 Å². The van der Waals surface area contributed by atoms with Gasteiger partial charge in [0, 0.05) is 10.8 Å². The fraction of sp³-hybridized carbons (Fsp3) is 0.538. The second-order valence-electron chi connectivity index (χ2n) is 9.99. The molecule has 0 spiro atoms. The number of ketones is 1. The van der Waals surface area contributed by atoms with Crippen LogP contribution in [-0.4, -0.2) is 17.9 Å². The van der Waals surface area contributed by atoms with E-state index in [4.69, 9.17) is 4.74 Å². The molecular weight excluding hydrogens is 360 g/mol. The minimum atomic E-state index is -0.186. The molecule has 0 heterocycles. The smallest absolute Gasteiger partial charge is 0.338 e. The van der Waals surface area contributed by atoms with Crippen molar-refractivity contribution in [2.75, 3.05) is 0 Å². The van der Waals surface area contributed by atoms with Gasteiger partial charge in [0.05, 0.1) is 5.56 Å². The van der Waals surface area contributed by atoms with E-state index >= 15 is 0 Å². The summed E-state index contributed by atoms with van der Waals surface area (Å²) in [6.07, 6.45) is 12.4. The zero-order valence-electron chi connectivity index (χ0n) is 17.4. The van der Waals surface area contributed by atoms with Gasteiger partial charge < -0.3 is 4.74 Å². The number of carbonyl (C=O) groups excluding carboxylic acids is 2. The first-order valence-electron chi connectivity index (χ1n) is 11.1. The minimum absolute atomic E-state index is 0.00868. The van der Waals surface area contributed by atoms with E-state index in [0.717, 1.165) is 38.5 Å². The van der Waals surface area contributed by atoms with Crippen LogP contribution in [0, 0.1) is 28.6 Å². The van der Waals surface area contributed by atoms with Crippen LogP contribution in [0.25, 0.3) is 0 Å². The third-order valence-corrected chi connectivity index (χ3v) is 8.73. The number of hydrogen-bond acceptors (Lipinski definition) is 3. The molecule has 29 heavy (non-hydrogen) atoms. The highest BCUT2D eigenvalue weighted by Gasteiger charge is 2.59. The largest absolute Gasteiger partial charge is 0.458 e. The van der Waals surface area contributed by atoms with Gasteiger partial charge in [0.25, 0.3) is 0 Å². The van der Waals surface area contributed by atoms with Gasteiger partial charge in [0.1, 0.15) is 6.10 Å². The lowest BCUT2D eigenvalue weighted by Gasteiger charge is -2.56. The van der Waals surface area contributed by atoms with Gasteiger partial charge in [-0.2, -0.15) is 0 Å². The van der Waals surface area contributed by atoms with Crippen LogP contribution in [0.3, 0.4) is 0 Å². The molecule has 0 radical (unpaired) electrons. The molecule has 3 fully saturated rings. The van der Waals surface area contributed by atoms with Gasteiger partial charge in [-0.3, -0.25) is 4.79 Å². The molecule has 1 aromatic rings. The molecule has 0 aromatic heterocycles. The Morgan fingerprint density at radius 3 is 2.62 bits per heavy atom. The summed E-state index contributed by atoms with van der Waals surface area (Å²) in [4.78, 5) is 24.6. The lowest BCUT2D eigenvalue weighted by Crippen LogP contribution is -2.51. The summed E-state index contributed by atoms with van der Waals surface area (Å²) in [6, 6.07) is 9.36. The Morgan fingerprint density at radius 2 is 1.83 bits per heavy atom. The third-order valence-electron chi connectivity index (χ3n) is 8.73. The van der Waals surface area contributed by atoms with E-state index in [9.17, 15) is 9.59 Å². The maximum atomic E-state index is 12.7. The van der Waals surface area contributed by atoms with Gasteiger partial charge >= 0.3 is 5.97 Å². The average molecular weight is 391 g/mol. The number of esters is 1. The number of rotatable bonds is 2. The lowest BCUT2D eigenvalue weighted by atomic mass is 9.48. The van der Waals surface area contributed by atoms with Crippen LogP contribution >= 0.6 is 0 Å². The molecule has 1 aromatic carbocycles. The van der Waals surface area contributed by atoms with Crippen molar-refractivity contribution in [1.82, 2.24) is 0 Å². The van der Waals surface area contributed by atoms with Crippen molar-refractivity contribution < 1.29 is 14.3 Å². The van der Waals surface area contributed by atoms with Crippen LogP contribution in [0.15, 0.2) is 54.1 Å². The zero-order chi connectivity index (χ0) is 20.2. The van der Waals surface area contributed by atoms with Crippen LogP contribution in [0.5, 0.6) is 0 Å². The van der Waals surface area contributed by atoms with E-state index in [1.165, 1.54) is 5.57 Å². The Morgan fingerprint density at radius 1 is 1.03 bits per heavy atom. The van der Waals surface area contributed by atoms with E-state index in [-0.39, 0.29) is 28.7 Å². The summed E-state index contributed by atoms with van der Waals surface area (Å²) >= 11 is 0.